The van der Waals surface area contributed by atoms with Gasteiger partial charge < -0.3 is 4.57 Å². The Morgan fingerprint density at radius 2 is 2.07 bits per heavy atom. The molecule has 1 aromatic heterocycles. The number of para-hydroxylation sites is 2. The standard InChI is InChI=1S/C11H12N2O/c1-3-13-10-7-5-4-6-9(10)12-8(2)11(13)14/h4-7H,3H2,1-2H3. The Bertz CT molecular complexity index is 528. The van der Waals surface area contributed by atoms with Crippen LogP contribution in [0.5, 0.6) is 0 Å². The minimum atomic E-state index is 0.00574. The van der Waals surface area contributed by atoms with Crippen molar-refractivity contribution in [2.75, 3.05) is 0 Å². The second kappa shape index (κ2) is 3.25. The van der Waals surface area contributed by atoms with Crippen molar-refractivity contribution in [3.8, 4) is 0 Å². The summed E-state index contributed by atoms with van der Waals surface area (Å²) in [5.41, 5.74) is 2.36. The highest BCUT2D eigenvalue weighted by Crippen LogP contribution is 2.08. The maximum absolute atomic E-state index is 11.7. The topological polar surface area (TPSA) is 34.9 Å². The SMILES string of the molecule is CCn1c(=O)c(C)nc2ccccc21. The molecule has 3 heteroatoms. The third-order valence-electron chi connectivity index (χ3n) is 2.33. The summed E-state index contributed by atoms with van der Waals surface area (Å²) in [6, 6.07) is 7.70. The Hall–Kier alpha value is -1.64. The molecule has 14 heavy (non-hydrogen) atoms. The van der Waals surface area contributed by atoms with E-state index in [1.807, 2.05) is 31.2 Å². The van der Waals surface area contributed by atoms with Crippen molar-refractivity contribution in [3.63, 3.8) is 0 Å². The molecule has 0 bridgehead atoms. The molecule has 1 aromatic carbocycles. The fraction of sp³-hybridized carbons (Fsp3) is 0.273. The second-order valence-electron chi connectivity index (χ2n) is 3.24. The molecule has 0 radical (unpaired) electrons. The molecule has 0 aliphatic heterocycles. The van der Waals surface area contributed by atoms with E-state index in [-0.39, 0.29) is 5.56 Å². The summed E-state index contributed by atoms with van der Waals surface area (Å²) in [6.07, 6.45) is 0. The molecular formula is C11H12N2O. The van der Waals surface area contributed by atoms with Gasteiger partial charge >= 0.3 is 0 Å². The summed E-state index contributed by atoms with van der Waals surface area (Å²) < 4.78 is 1.75. The normalized spacial score (nSPS) is 10.7. The molecule has 0 N–H and O–H groups in total. The minimum absolute atomic E-state index is 0.00574. The van der Waals surface area contributed by atoms with E-state index in [1.54, 1.807) is 11.5 Å². The van der Waals surface area contributed by atoms with E-state index in [1.165, 1.54) is 0 Å². The first-order chi connectivity index (χ1) is 6.74. The van der Waals surface area contributed by atoms with E-state index >= 15 is 0 Å². The summed E-state index contributed by atoms with van der Waals surface area (Å²) >= 11 is 0. The zero-order valence-electron chi connectivity index (χ0n) is 8.32. The van der Waals surface area contributed by atoms with Crippen LogP contribution in [0.15, 0.2) is 29.1 Å². The van der Waals surface area contributed by atoms with Crippen LogP contribution >= 0.6 is 0 Å². The van der Waals surface area contributed by atoms with Gasteiger partial charge in [-0.1, -0.05) is 12.1 Å². The highest BCUT2D eigenvalue weighted by atomic mass is 16.1. The minimum Gasteiger partial charge on any atom is -0.305 e. The molecule has 0 atom stereocenters. The van der Waals surface area contributed by atoms with Crippen LogP contribution in [0.3, 0.4) is 0 Å². The van der Waals surface area contributed by atoms with E-state index < -0.39 is 0 Å². The Morgan fingerprint density at radius 3 is 2.79 bits per heavy atom. The second-order valence-corrected chi connectivity index (χ2v) is 3.24. The molecule has 2 rings (SSSR count). The van der Waals surface area contributed by atoms with Crippen molar-refractivity contribution in [2.45, 2.75) is 20.4 Å². The summed E-state index contributed by atoms with van der Waals surface area (Å²) in [4.78, 5) is 16.0. The number of nitrogens with zero attached hydrogens (tertiary/aromatic N) is 2. The molecule has 0 aliphatic rings. The molecule has 0 spiro atoms. The van der Waals surface area contributed by atoms with E-state index in [0.29, 0.717) is 12.2 Å². The molecule has 0 fully saturated rings. The first kappa shape index (κ1) is 8.94. The predicted octanol–water partition coefficient (Wildman–Crippen LogP) is 1.72. The van der Waals surface area contributed by atoms with Crippen LogP contribution in [-0.4, -0.2) is 9.55 Å². The molecule has 2 aromatic rings. The average molecular weight is 188 g/mol. The van der Waals surface area contributed by atoms with Crippen LogP contribution in [0.25, 0.3) is 11.0 Å². The van der Waals surface area contributed by atoms with Crippen molar-refractivity contribution < 1.29 is 0 Å². The molecule has 1 heterocycles. The first-order valence-electron chi connectivity index (χ1n) is 4.70. The summed E-state index contributed by atoms with van der Waals surface area (Å²) in [5.74, 6) is 0. The molecule has 3 nitrogen and oxygen atoms in total. The van der Waals surface area contributed by atoms with Crippen LogP contribution in [-0.2, 0) is 6.54 Å². The van der Waals surface area contributed by atoms with Gasteiger partial charge in [-0.3, -0.25) is 4.79 Å². The van der Waals surface area contributed by atoms with Crippen LogP contribution in [0.2, 0.25) is 0 Å². The smallest absolute Gasteiger partial charge is 0.272 e. The number of hydrogen-bond donors (Lipinski definition) is 0. The maximum Gasteiger partial charge on any atom is 0.272 e. The molecule has 0 unspecified atom stereocenters. The summed E-state index contributed by atoms with van der Waals surface area (Å²) in [6.45, 7) is 4.40. The lowest BCUT2D eigenvalue weighted by molar-refractivity contribution is 0.744. The van der Waals surface area contributed by atoms with E-state index in [0.717, 1.165) is 11.0 Å². The highest BCUT2D eigenvalue weighted by Gasteiger charge is 2.04. The van der Waals surface area contributed by atoms with Gasteiger partial charge in [0.25, 0.3) is 5.56 Å². The molecule has 72 valence electrons. The number of fused-ring (bicyclic) bond motifs is 1. The van der Waals surface area contributed by atoms with Gasteiger partial charge in [0.05, 0.1) is 11.0 Å². The van der Waals surface area contributed by atoms with Gasteiger partial charge in [0.1, 0.15) is 5.69 Å². The Balaban J connectivity index is 2.96. The highest BCUT2D eigenvalue weighted by molar-refractivity contribution is 5.74. The van der Waals surface area contributed by atoms with Gasteiger partial charge in [0.15, 0.2) is 0 Å². The number of hydrogen-bond acceptors (Lipinski definition) is 2. The Kier molecular flexibility index (Phi) is 2.08. The van der Waals surface area contributed by atoms with Crippen molar-refractivity contribution in [3.05, 3.63) is 40.3 Å². The van der Waals surface area contributed by atoms with Crippen molar-refractivity contribution >= 4 is 11.0 Å². The van der Waals surface area contributed by atoms with Crippen molar-refractivity contribution in [1.29, 1.82) is 0 Å². The van der Waals surface area contributed by atoms with Gasteiger partial charge in [-0.2, -0.15) is 0 Å². The quantitative estimate of drug-likeness (QED) is 0.683. The number of rotatable bonds is 1. The lowest BCUT2D eigenvalue weighted by Crippen LogP contribution is -2.23. The summed E-state index contributed by atoms with van der Waals surface area (Å²) in [5, 5.41) is 0. The third kappa shape index (κ3) is 1.21. The van der Waals surface area contributed by atoms with Crippen molar-refractivity contribution in [1.82, 2.24) is 9.55 Å². The van der Waals surface area contributed by atoms with Gasteiger partial charge in [0, 0.05) is 6.54 Å². The van der Waals surface area contributed by atoms with Gasteiger partial charge in [-0.15, -0.1) is 0 Å². The monoisotopic (exact) mass is 188 g/mol. The molecule has 0 amide bonds. The van der Waals surface area contributed by atoms with Crippen LogP contribution < -0.4 is 5.56 Å². The lowest BCUT2D eigenvalue weighted by atomic mass is 10.3. The van der Waals surface area contributed by atoms with E-state index in [4.69, 9.17) is 0 Å². The van der Waals surface area contributed by atoms with Crippen LogP contribution in [0, 0.1) is 6.92 Å². The molecular weight excluding hydrogens is 176 g/mol. The van der Waals surface area contributed by atoms with Gasteiger partial charge in [-0.25, -0.2) is 4.98 Å². The predicted molar refractivity (Wildman–Crippen MR) is 56.4 cm³/mol. The zero-order valence-corrected chi connectivity index (χ0v) is 8.32. The zero-order chi connectivity index (χ0) is 10.1. The fourth-order valence-electron chi connectivity index (χ4n) is 1.63. The fourth-order valence-corrected chi connectivity index (χ4v) is 1.63. The number of benzene rings is 1. The summed E-state index contributed by atoms with van der Waals surface area (Å²) in [7, 11) is 0. The number of aryl methyl sites for hydroxylation is 2. The molecule has 0 saturated carbocycles. The van der Waals surface area contributed by atoms with E-state index in [2.05, 4.69) is 4.98 Å². The number of aromatic nitrogens is 2. The van der Waals surface area contributed by atoms with Crippen LogP contribution in [0.1, 0.15) is 12.6 Å². The first-order valence-corrected chi connectivity index (χ1v) is 4.70. The third-order valence-corrected chi connectivity index (χ3v) is 2.33. The maximum atomic E-state index is 11.7. The lowest BCUT2D eigenvalue weighted by Gasteiger charge is -2.07. The van der Waals surface area contributed by atoms with Crippen molar-refractivity contribution in [2.24, 2.45) is 0 Å². The Morgan fingerprint density at radius 1 is 1.36 bits per heavy atom. The average Bonchev–Trinajstić information content (AvgIpc) is 2.20. The van der Waals surface area contributed by atoms with Gasteiger partial charge in [-0.05, 0) is 26.0 Å². The Labute approximate surface area is 82.0 Å². The van der Waals surface area contributed by atoms with Gasteiger partial charge in [0.2, 0.25) is 0 Å². The van der Waals surface area contributed by atoms with E-state index in [9.17, 15) is 4.79 Å². The van der Waals surface area contributed by atoms with Crippen LogP contribution in [0.4, 0.5) is 0 Å². The molecule has 0 aliphatic carbocycles. The largest absolute Gasteiger partial charge is 0.305 e. The molecule has 0 saturated heterocycles.